The second-order valence-electron chi connectivity index (χ2n) is 9.19. The number of phosphoric acid groups is 1. The third kappa shape index (κ3) is 27.8. The van der Waals surface area contributed by atoms with Crippen LogP contribution in [0.5, 0.6) is 0 Å². The van der Waals surface area contributed by atoms with Gasteiger partial charge in [0.15, 0.2) is 0 Å². The summed E-state index contributed by atoms with van der Waals surface area (Å²) in [6.07, 6.45) is 30.6. The second kappa shape index (κ2) is 28.0. The molecule has 3 N–H and O–H groups in total. The number of ether oxygens (including phenoxy) is 2. The van der Waals surface area contributed by atoms with Gasteiger partial charge in [-0.15, -0.1) is 0 Å². The van der Waals surface area contributed by atoms with E-state index in [0.717, 1.165) is 51.4 Å². The summed E-state index contributed by atoms with van der Waals surface area (Å²) in [7, 11) is -4.23. The van der Waals surface area contributed by atoms with Crippen LogP contribution in [0, 0.1) is 0 Å². The van der Waals surface area contributed by atoms with Gasteiger partial charge in [0.2, 0.25) is 0 Å². The van der Waals surface area contributed by atoms with Crippen LogP contribution >= 0.6 is 7.82 Å². The molecule has 0 bridgehead atoms. The summed E-state index contributed by atoms with van der Waals surface area (Å²) in [6.45, 7) is 4.16. The van der Waals surface area contributed by atoms with Gasteiger partial charge in [-0.1, -0.05) is 94.6 Å². The summed E-state index contributed by atoms with van der Waals surface area (Å²) in [6, 6.07) is 0. The van der Waals surface area contributed by atoms with Gasteiger partial charge < -0.3 is 20.1 Å². The predicted molar refractivity (Wildman–Crippen MR) is 159 cm³/mol. The second-order valence-corrected chi connectivity index (χ2v) is 10.6. The van der Waals surface area contributed by atoms with Crippen molar-refractivity contribution in [3.05, 3.63) is 48.6 Å². The molecule has 0 aliphatic rings. The van der Waals surface area contributed by atoms with E-state index in [2.05, 4.69) is 60.1 Å². The molecule has 0 radical (unpaired) electrons. The number of unbranched alkanes of at least 4 members (excludes halogenated alkanes) is 7. The van der Waals surface area contributed by atoms with Crippen LogP contribution in [0.1, 0.15) is 97.3 Å². The Morgan fingerprint density at radius 3 is 1.92 bits per heavy atom. The third-order valence-electron chi connectivity index (χ3n) is 5.56. The molecule has 9 heteroatoms. The molecular formula is C30H54NO7P. The predicted octanol–water partition coefficient (Wildman–Crippen LogP) is 7.34. The van der Waals surface area contributed by atoms with Crippen molar-refractivity contribution in [2.45, 2.75) is 103 Å². The van der Waals surface area contributed by atoms with Crippen molar-refractivity contribution in [1.29, 1.82) is 0 Å². The Labute approximate surface area is 237 Å². The van der Waals surface area contributed by atoms with Crippen LogP contribution in [0.15, 0.2) is 48.6 Å². The molecule has 2 unspecified atom stereocenters. The Bertz CT molecular complexity index is 737. The SMILES string of the molecule is CC/C=C\C/C=C\C/C=C\C/C=C\CCCCCCCCCOCC(COP(=O)(O)OCCN)OC(=O)CC. The van der Waals surface area contributed by atoms with E-state index in [4.69, 9.17) is 19.7 Å². The van der Waals surface area contributed by atoms with E-state index in [9.17, 15) is 14.3 Å². The smallest absolute Gasteiger partial charge is 0.457 e. The molecule has 0 saturated carbocycles. The maximum absolute atomic E-state index is 11.8. The Kier molecular flexibility index (Phi) is 26.9. The van der Waals surface area contributed by atoms with Crippen LogP contribution in [-0.4, -0.2) is 49.9 Å². The molecule has 0 aromatic carbocycles. The van der Waals surface area contributed by atoms with Crippen LogP contribution < -0.4 is 5.73 Å². The van der Waals surface area contributed by atoms with Crippen LogP contribution in [0.25, 0.3) is 0 Å². The standard InChI is InChI=1S/C30H54NO7P/c1-3-5-6-7-8-9-10-11-12-13-14-15-16-17-18-19-20-21-22-23-25-35-27-29(38-30(32)4-2)28-37-39(33,34)36-26-24-31/h5-6,8-9,11-12,14-15,29H,3-4,7,10,13,16-28,31H2,1-2H3,(H,33,34)/b6-5-,9-8-,12-11-,15-14-. The zero-order valence-electron chi connectivity index (χ0n) is 24.3. The average molecular weight is 572 g/mol. The molecule has 226 valence electrons. The van der Waals surface area contributed by atoms with Crippen molar-refractivity contribution in [3.63, 3.8) is 0 Å². The van der Waals surface area contributed by atoms with Crippen molar-refractivity contribution < 1.29 is 32.8 Å². The van der Waals surface area contributed by atoms with Gasteiger partial charge in [-0.25, -0.2) is 4.57 Å². The number of nitrogens with two attached hydrogens (primary N) is 1. The van der Waals surface area contributed by atoms with Gasteiger partial charge in [0.1, 0.15) is 6.10 Å². The van der Waals surface area contributed by atoms with E-state index in [-0.39, 0.29) is 32.8 Å². The van der Waals surface area contributed by atoms with Crippen molar-refractivity contribution in [1.82, 2.24) is 0 Å². The lowest BCUT2D eigenvalue weighted by Gasteiger charge is -2.19. The van der Waals surface area contributed by atoms with Crippen molar-refractivity contribution in [3.8, 4) is 0 Å². The molecule has 0 aliphatic heterocycles. The third-order valence-corrected chi connectivity index (χ3v) is 6.55. The number of phosphoric ester groups is 1. The maximum Gasteiger partial charge on any atom is 0.472 e. The highest BCUT2D eigenvalue weighted by Gasteiger charge is 2.24. The summed E-state index contributed by atoms with van der Waals surface area (Å²) in [5, 5.41) is 0. The van der Waals surface area contributed by atoms with Gasteiger partial charge in [0, 0.05) is 19.6 Å². The van der Waals surface area contributed by atoms with Gasteiger partial charge in [-0.3, -0.25) is 13.8 Å². The summed E-state index contributed by atoms with van der Waals surface area (Å²) in [5.74, 6) is -0.426. The van der Waals surface area contributed by atoms with E-state index in [0.29, 0.717) is 6.61 Å². The van der Waals surface area contributed by atoms with Crippen LogP contribution in [0.3, 0.4) is 0 Å². The Morgan fingerprint density at radius 1 is 0.769 bits per heavy atom. The molecule has 8 nitrogen and oxygen atoms in total. The fraction of sp³-hybridized carbons (Fsp3) is 0.700. The number of carbonyl (C=O) groups is 1. The lowest BCUT2D eigenvalue weighted by molar-refractivity contribution is -0.154. The van der Waals surface area contributed by atoms with E-state index < -0.39 is 19.9 Å². The lowest BCUT2D eigenvalue weighted by Crippen LogP contribution is -2.28. The Morgan fingerprint density at radius 2 is 1.33 bits per heavy atom. The van der Waals surface area contributed by atoms with Gasteiger partial charge in [-0.05, 0) is 44.9 Å². The minimum atomic E-state index is -4.23. The summed E-state index contributed by atoms with van der Waals surface area (Å²) in [5.41, 5.74) is 5.26. The Hall–Kier alpha value is -1.54. The number of hydrogen-bond donors (Lipinski definition) is 2. The molecular weight excluding hydrogens is 517 g/mol. The van der Waals surface area contributed by atoms with Crippen molar-refractivity contribution in [2.24, 2.45) is 5.73 Å². The maximum atomic E-state index is 11.8. The fourth-order valence-electron chi connectivity index (χ4n) is 3.43. The number of allylic oxidation sites excluding steroid dienone is 8. The first-order valence-electron chi connectivity index (χ1n) is 14.6. The van der Waals surface area contributed by atoms with Crippen molar-refractivity contribution >= 4 is 13.8 Å². The van der Waals surface area contributed by atoms with E-state index in [1.807, 2.05) is 0 Å². The van der Waals surface area contributed by atoms with Crippen LogP contribution in [-0.2, 0) is 27.9 Å². The van der Waals surface area contributed by atoms with E-state index in [1.54, 1.807) is 6.92 Å². The molecule has 0 spiro atoms. The number of esters is 1. The average Bonchev–Trinajstić information content (AvgIpc) is 2.93. The van der Waals surface area contributed by atoms with Crippen LogP contribution in [0.4, 0.5) is 0 Å². The first-order valence-corrected chi connectivity index (χ1v) is 16.1. The Balaban J connectivity index is 3.73. The highest BCUT2D eigenvalue weighted by atomic mass is 31.2. The van der Waals surface area contributed by atoms with Gasteiger partial charge >= 0.3 is 13.8 Å². The molecule has 39 heavy (non-hydrogen) atoms. The quantitative estimate of drug-likeness (QED) is 0.0455. The first kappa shape index (κ1) is 37.5. The zero-order valence-corrected chi connectivity index (χ0v) is 25.2. The summed E-state index contributed by atoms with van der Waals surface area (Å²) >= 11 is 0. The molecule has 0 heterocycles. The highest BCUT2D eigenvalue weighted by Crippen LogP contribution is 2.43. The monoisotopic (exact) mass is 571 g/mol. The first-order chi connectivity index (χ1) is 18.9. The van der Waals surface area contributed by atoms with E-state index in [1.165, 1.54) is 25.7 Å². The molecule has 0 aromatic rings. The molecule has 0 aliphatic carbocycles. The summed E-state index contributed by atoms with van der Waals surface area (Å²) < 4.78 is 32.2. The normalized spacial score (nSPS) is 14.7. The molecule has 0 rings (SSSR count). The minimum absolute atomic E-state index is 0.0945. The topological polar surface area (TPSA) is 117 Å². The number of hydrogen-bond acceptors (Lipinski definition) is 7. The molecule has 0 amide bonds. The molecule has 0 saturated heterocycles. The number of rotatable bonds is 27. The zero-order chi connectivity index (χ0) is 28.9. The van der Waals surface area contributed by atoms with Gasteiger partial charge in [-0.2, -0.15) is 0 Å². The molecule has 0 fully saturated rings. The van der Waals surface area contributed by atoms with Crippen molar-refractivity contribution in [2.75, 3.05) is 33.0 Å². The van der Waals surface area contributed by atoms with Gasteiger partial charge in [0.25, 0.3) is 0 Å². The number of carbonyl (C=O) groups excluding carboxylic acids is 1. The van der Waals surface area contributed by atoms with Gasteiger partial charge in [0.05, 0.1) is 19.8 Å². The largest absolute Gasteiger partial charge is 0.472 e. The van der Waals surface area contributed by atoms with E-state index >= 15 is 0 Å². The highest BCUT2D eigenvalue weighted by molar-refractivity contribution is 7.47. The lowest BCUT2D eigenvalue weighted by atomic mass is 10.1. The fourth-order valence-corrected chi connectivity index (χ4v) is 4.20. The summed E-state index contributed by atoms with van der Waals surface area (Å²) in [4.78, 5) is 21.2. The minimum Gasteiger partial charge on any atom is -0.457 e. The molecule has 0 aromatic heterocycles. The van der Waals surface area contributed by atoms with Crippen LogP contribution in [0.2, 0.25) is 0 Å². The molecule has 2 atom stereocenters.